The van der Waals surface area contributed by atoms with E-state index in [1.807, 2.05) is 0 Å². The summed E-state index contributed by atoms with van der Waals surface area (Å²) >= 11 is 0. The van der Waals surface area contributed by atoms with Crippen LogP contribution in [0.15, 0.2) is 0 Å². The van der Waals surface area contributed by atoms with Crippen LogP contribution in [-0.2, 0) is 38.1 Å². The number of hydrogen-bond acceptors (Lipinski definition) is 16. The first-order valence-corrected chi connectivity index (χ1v) is 12.6. The van der Waals surface area contributed by atoms with E-state index in [-0.39, 0.29) is 0 Å². The third-order valence-electron chi connectivity index (χ3n) is 6.84. The fraction of sp³-hybridized carbons (Fsp3) is 0.864. The van der Waals surface area contributed by atoms with Crippen molar-refractivity contribution in [3.8, 4) is 0 Å². The third-order valence-corrected chi connectivity index (χ3v) is 6.84. The number of nitrogens with one attached hydrogen (secondary N) is 2. The lowest BCUT2D eigenvalue weighted by molar-refractivity contribution is -0.341. The van der Waals surface area contributed by atoms with Gasteiger partial charge in [0.05, 0.1) is 13.2 Å². The van der Waals surface area contributed by atoms with Gasteiger partial charge in [-0.3, -0.25) is 9.59 Å². The number of aliphatic carboxylic acids is 1. The molecule has 0 radical (unpaired) electrons. The minimum Gasteiger partial charge on any atom is -0.479 e. The van der Waals surface area contributed by atoms with Crippen molar-refractivity contribution in [2.45, 2.75) is 106 Å². The molecule has 3 heterocycles. The normalized spacial score (nSPS) is 45.1. The lowest BCUT2D eigenvalue weighted by Crippen LogP contribution is -2.68. The molecule has 3 aliphatic rings. The maximum atomic E-state index is 11.8. The van der Waals surface area contributed by atoms with Crippen molar-refractivity contribution in [1.82, 2.24) is 10.6 Å². The summed E-state index contributed by atoms with van der Waals surface area (Å²) in [6, 6.07) is -2.88. The molecule has 0 aromatic carbocycles. The summed E-state index contributed by atoms with van der Waals surface area (Å²) in [5, 5.41) is 96.0. The van der Waals surface area contributed by atoms with Crippen molar-refractivity contribution < 1.29 is 84.0 Å². The number of hydrogen-bond donors (Lipinski definition) is 11. The van der Waals surface area contributed by atoms with Gasteiger partial charge in [-0.25, -0.2) is 4.79 Å². The van der Waals surface area contributed by atoms with Crippen LogP contribution in [0.3, 0.4) is 0 Å². The SMILES string of the molecule is CC(=O)N[C@@H]1[C@@H](O[C@@H]2O[C@H](C(=O)O)[C@@H](O)[C@H](O)[C@H]2O)[C@H](O)[C@@H](CO[C@@H]2O[C@H](CO)[C@@H](O)[C@H](O)[C@H]2NC(C)=O)O[C@H]1O. The molecular formula is C22H36N2O17. The van der Waals surface area contributed by atoms with E-state index in [1.54, 1.807) is 0 Å². The van der Waals surface area contributed by atoms with Gasteiger partial charge >= 0.3 is 5.97 Å². The van der Waals surface area contributed by atoms with E-state index in [1.165, 1.54) is 0 Å². The summed E-state index contributed by atoms with van der Waals surface area (Å²) in [7, 11) is 0. The highest BCUT2D eigenvalue weighted by molar-refractivity contribution is 5.74. The van der Waals surface area contributed by atoms with Gasteiger partial charge in [0.25, 0.3) is 0 Å². The Bertz CT molecular complexity index is 927. The molecule has 41 heavy (non-hydrogen) atoms. The van der Waals surface area contributed by atoms with Gasteiger partial charge in [0, 0.05) is 13.8 Å². The van der Waals surface area contributed by atoms with Crippen LogP contribution in [0.25, 0.3) is 0 Å². The van der Waals surface area contributed by atoms with Crippen LogP contribution in [-0.4, -0.2) is 169 Å². The summed E-state index contributed by atoms with van der Waals surface area (Å²) in [6.07, 6.45) is -23.2. The minimum atomic E-state index is -2.05. The summed E-state index contributed by atoms with van der Waals surface area (Å²) in [5.41, 5.74) is 0. The van der Waals surface area contributed by atoms with Crippen molar-refractivity contribution in [1.29, 1.82) is 0 Å². The molecule has 3 aliphatic heterocycles. The molecule has 236 valence electrons. The Labute approximate surface area is 232 Å². The molecule has 0 saturated carbocycles. The first kappa shape index (κ1) is 33.4. The Morgan fingerprint density at radius 3 is 1.88 bits per heavy atom. The van der Waals surface area contributed by atoms with Crippen LogP contribution < -0.4 is 10.6 Å². The first-order valence-electron chi connectivity index (χ1n) is 12.6. The average Bonchev–Trinajstić information content (AvgIpc) is 2.90. The van der Waals surface area contributed by atoms with Gasteiger partial charge in [-0.2, -0.15) is 0 Å². The molecule has 19 heteroatoms. The van der Waals surface area contributed by atoms with E-state index < -0.39 is 123 Å². The van der Waals surface area contributed by atoms with Crippen LogP contribution in [0.5, 0.6) is 0 Å². The second-order valence-corrected chi connectivity index (χ2v) is 9.88. The predicted molar refractivity (Wildman–Crippen MR) is 125 cm³/mol. The summed E-state index contributed by atoms with van der Waals surface area (Å²) in [4.78, 5) is 34.9. The van der Waals surface area contributed by atoms with Crippen LogP contribution >= 0.6 is 0 Å². The zero-order valence-corrected chi connectivity index (χ0v) is 21.9. The van der Waals surface area contributed by atoms with Gasteiger partial charge in [0.1, 0.15) is 67.0 Å². The van der Waals surface area contributed by atoms with Crippen LogP contribution in [0.4, 0.5) is 0 Å². The third kappa shape index (κ3) is 7.46. The number of carbonyl (C=O) groups excluding carboxylic acids is 2. The zero-order valence-electron chi connectivity index (χ0n) is 21.9. The number of aliphatic hydroxyl groups is 8. The first-order chi connectivity index (χ1) is 19.2. The number of ether oxygens (including phenoxy) is 5. The molecule has 0 unspecified atom stereocenters. The second-order valence-electron chi connectivity index (χ2n) is 9.88. The van der Waals surface area contributed by atoms with Crippen LogP contribution in [0.2, 0.25) is 0 Å². The monoisotopic (exact) mass is 600 g/mol. The molecule has 19 nitrogen and oxygen atoms in total. The van der Waals surface area contributed by atoms with E-state index in [0.717, 1.165) is 13.8 Å². The standard InChI is InChI=1S/C22H36N2O17/c1-5(26)23-9-13(30)11(28)7(3-25)39-21(9)37-4-8-12(29)17(10(20(36)38-8)24-6(2)27)40-22-16(33)14(31)15(32)18(41-22)19(34)35/h7-18,20-22,25,28-33,36H,3-4H2,1-2H3,(H,23,26)(H,24,27)(H,34,35)/t7-,8-,9-,10-,11-,12-,13-,14+,15+,16-,17-,18+,20-,21-,22-/m1/s1. The largest absolute Gasteiger partial charge is 0.479 e. The van der Waals surface area contributed by atoms with Gasteiger partial charge in [0.2, 0.25) is 11.8 Å². The second kappa shape index (κ2) is 13.9. The maximum absolute atomic E-state index is 11.8. The molecule has 0 aromatic heterocycles. The number of carboxylic acid groups (broad SMARTS) is 1. The summed E-state index contributed by atoms with van der Waals surface area (Å²) < 4.78 is 27.0. The Kier molecular flexibility index (Phi) is 11.3. The van der Waals surface area contributed by atoms with Crippen LogP contribution in [0.1, 0.15) is 13.8 Å². The highest BCUT2D eigenvalue weighted by atomic mass is 16.7. The maximum Gasteiger partial charge on any atom is 0.335 e. The van der Waals surface area contributed by atoms with Gasteiger partial charge in [-0.05, 0) is 0 Å². The Balaban J connectivity index is 1.80. The smallest absolute Gasteiger partial charge is 0.335 e. The molecular weight excluding hydrogens is 564 g/mol. The van der Waals surface area contributed by atoms with E-state index >= 15 is 0 Å². The molecule has 3 fully saturated rings. The zero-order chi connectivity index (χ0) is 30.8. The van der Waals surface area contributed by atoms with Crippen molar-refractivity contribution in [2.24, 2.45) is 0 Å². The van der Waals surface area contributed by atoms with Gasteiger partial charge < -0.3 is 80.3 Å². The molecule has 3 saturated heterocycles. The van der Waals surface area contributed by atoms with E-state index in [0.29, 0.717) is 0 Å². The number of aliphatic hydroxyl groups excluding tert-OH is 8. The average molecular weight is 601 g/mol. The summed E-state index contributed by atoms with van der Waals surface area (Å²) in [5.74, 6) is -3.05. The molecule has 2 amide bonds. The van der Waals surface area contributed by atoms with E-state index in [9.17, 15) is 60.3 Å². The van der Waals surface area contributed by atoms with Gasteiger partial charge in [0.15, 0.2) is 25.0 Å². The molecule has 3 rings (SSSR count). The van der Waals surface area contributed by atoms with Gasteiger partial charge in [-0.1, -0.05) is 0 Å². The van der Waals surface area contributed by atoms with E-state index in [2.05, 4.69) is 10.6 Å². The number of amides is 2. The van der Waals surface area contributed by atoms with Crippen molar-refractivity contribution in [3.63, 3.8) is 0 Å². The van der Waals surface area contributed by atoms with Gasteiger partial charge in [-0.15, -0.1) is 0 Å². The molecule has 0 bridgehead atoms. The lowest BCUT2D eigenvalue weighted by atomic mass is 9.95. The molecule has 0 aromatic rings. The Hall–Kier alpha value is -2.11. The van der Waals surface area contributed by atoms with Crippen LogP contribution in [0, 0.1) is 0 Å². The minimum absolute atomic E-state index is 0.630. The number of carboxylic acids is 1. The highest BCUT2D eigenvalue weighted by Gasteiger charge is 2.53. The highest BCUT2D eigenvalue weighted by Crippen LogP contribution is 2.30. The Morgan fingerprint density at radius 2 is 1.32 bits per heavy atom. The van der Waals surface area contributed by atoms with Crippen molar-refractivity contribution in [2.75, 3.05) is 13.2 Å². The lowest BCUT2D eigenvalue weighted by Gasteiger charge is -2.47. The molecule has 0 spiro atoms. The number of rotatable bonds is 9. The number of carbonyl (C=O) groups is 3. The quantitative estimate of drug-likeness (QED) is 0.117. The van der Waals surface area contributed by atoms with Crippen molar-refractivity contribution in [3.05, 3.63) is 0 Å². The molecule has 15 atom stereocenters. The summed E-state index contributed by atoms with van der Waals surface area (Å²) in [6.45, 7) is 0.801. The molecule has 0 aliphatic carbocycles. The Morgan fingerprint density at radius 1 is 0.707 bits per heavy atom. The van der Waals surface area contributed by atoms with E-state index in [4.69, 9.17) is 23.7 Å². The fourth-order valence-corrected chi connectivity index (χ4v) is 4.74. The predicted octanol–water partition coefficient (Wildman–Crippen LogP) is -7.19. The topological polar surface area (TPSA) is 303 Å². The fourth-order valence-electron chi connectivity index (χ4n) is 4.74. The molecule has 11 N–H and O–H groups in total. The van der Waals surface area contributed by atoms with Crippen molar-refractivity contribution >= 4 is 17.8 Å².